The van der Waals surface area contributed by atoms with E-state index in [1.165, 1.54) is 13.2 Å². The molecule has 0 spiro atoms. The smallest absolute Gasteiger partial charge is 0.330 e. The number of allylic oxidation sites excluding steroid dienone is 2. The molecule has 0 amide bonds. The molecule has 1 aromatic carbocycles. The van der Waals surface area contributed by atoms with E-state index in [0.717, 1.165) is 11.8 Å². The summed E-state index contributed by atoms with van der Waals surface area (Å²) in [6.07, 6.45) is 7.28. The molecule has 0 N–H and O–H groups in total. The minimum Gasteiger partial charge on any atom is -0.466 e. The maximum absolute atomic E-state index is 10.7. The largest absolute Gasteiger partial charge is 0.466 e. The maximum atomic E-state index is 10.7. The van der Waals surface area contributed by atoms with Gasteiger partial charge in [-0.3, -0.25) is 4.79 Å². The van der Waals surface area contributed by atoms with Gasteiger partial charge in [-0.15, -0.1) is 0 Å². The average molecular weight is 216 g/mol. The molecule has 16 heavy (non-hydrogen) atoms. The van der Waals surface area contributed by atoms with E-state index in [-0.39, 0.29) is 5.97 Å². The fourth-order valence-electron chi connectivity index (χ4n) is 1.05. The van der Waals surface area contributed by atoms with E-state index in [9.17, 15) is 9.59 Å². The number of ether oxygens (including phenoxy) is 1. The summed E-state index contributed by atoms with van der Waals surface area (Å²) in [6.45, 7) is 0. The van der Waals surface area contributed by atoms with Crippen molar-refractivity contribution >= 4 is 18.3 Å². The SMILES string of the molecule is COC(=O)C=CC=Cc1ccc(C=O)cc1. The highest BCUT2D eigenvalue weighted by atomic mass is 16.5. The van der Waals surface area contributed by atoms with Crippen molar-refractivity contribution in [3.8, 4) is 0 Å². The molecule has 1 rings (SSSR count). The molecule has 0 aromatic heterocycles. The van der Waals surface area contributed by atoms with Gasteiger partial charge in [0.1, 0.15) is 6.29 Å². The first-order valence-corrected chi connectivity index (χ1v) is 4.74. The number of carbonyl (C=O) groups excluding carboxylic acids is 2. The maximum Gasteiger partial charge on any atom is 0.330 e. The Kier molecular flexibility index (Phi) is 4.73. The van der Waals surface area contributed by atoms with Gasteiger partial charge in [-0.2, -0.15) is 0 Å². The summed E-state index contributed by atoms with van der Waals surface area (Å²) >= 11 is 0. The van der Waals surface area contributed by atoms with Crippen molar-refractivity contribution in [2.24, 2.45) is 0 Å². The van der Waals surface area contributed by atoms with E-state index in [1.807, 2.05) is 18.2 Å². The van der Waals surface area contributed by atoms with Gasteiger partial charge in [-0.25, -0.2) is 4.79 Å². The summed E-state index contributed by atoms with van der Waals surface area (Å²) in [7, 11) is 1.33. The number of aldehydes is 1. The molecule has 0 unspecified atom stereocenters. The summed E-state index contributed by atoms with van der Waals surface area (Å²) in [5.74, 6) is -0.388. The third-order valence-electron chi connectivity index (χ3n) is 1.91. The molecule has 0 radical (unpaired) electrons. The van der Waals surface area contributed by atoms with Gasteiger partial charge in [0.15, 0.2) is 0 Å². The van der Waals surface area contributed by atoms with Gasteiger partial charge in [0, 0.05) is 11.6 Å². The molecule has 0 atom stereocenters. The third-order valence-corrected chi connectivity index (χ3v) is 1.91. The highest BCUT2D eigenvalue weighted by Gasteiger charge is 1.89. The van der Waals surface area contributed by atoms with Crippen molar-refractivity contribution in [2.75, 3.05) is 7.11 Å². The number of rotatable bonds is 4. The quantitative estimate of drug-likeness (QED) is 0.335. The molecular formula is C13H12O3. The first kappa shape index (κ1) is 11.9. The molecule has 1 aromatic rings. The molecular weight excluding hydrogens is 204 g/mol. The van der Waals surface area contributed by atoms with Crippen LogP contribution >= 0.6 is 0 Å². The Morgan fingerprint density at radius 1 is 1.12 bits per heavy atom. The van der Waals surface area contributed by atoms with Crippen LogP contribution in [0.3, 0.4) is 0 Å². The second kappa shape index (κ2) is 6.35. The zero-order valence-electron chi connectivity index (χ0n) is 8.92. The lowest BCUT2D eigenvalue weighted by atomic mass is 10.1. The van der Waals surface area contributed by atoms with Crippen molar-refractivity contribution < 1.29 is 14.3 Å². The van der Waals surface area contributed by atoms with Crippen LogP contribution < -0.4 is 0 Å². The highest BCUT2D eigenvalue weighted by Crippen LogP contribution is 2.04. The van der Waals surface area contributed by atoms with Crippen LogP contribution in [0.4, 0.5) is 0 Å². The van der Waals surface area contributed by atoms with Crippen molar-refractivity contribution in [1.82, 2.24) is 0 Å². The fraction of sp³-hybridized carbons (Fsp3) is 0.0769. The first-order valence-electron chi connectivity index (χ1n) is 4.74. The molecule has 0 saturated carbocycles. The second-order valence-corrected chi connectivity index (χ2v) is 3.03. The van der Waals surface area contributed by atoms with Crippen LogP contribution in [0.2, 0.25) is 0 Å². The standard InChI is InChI=1S/C13H12O3/c1-16-13(15)5-3-2-4-11-6-8-12(10-14)9-7-11/h2-10H,1H3. The zero-order chi connectivity index (χ0) is 11.8. The van der Waals surface area contributed by atoms with E-state index in [1.54, 1.807) is 24.3 Å². The van der Waals surface area contributed by atoms with Gasteiger partial charge < -0.3 is 4.74 Å². The van der Waals surface area contributed by atoms with Crippen LogP contribution in [0.15, 0.2) is 42.5 Å². The predicted octanol–water partition coefficient (Wildman–Crippen LogP) is 2.24. The Bertz CT molecular complexity index is 413. The topological polar surface area (TPSA) is 43.4 Å². The zero-order valence-corrected chi connectivity index (χ0v) is 8.92. The molecule has 3 nitrogen and oxygen atoms in total. The van der Waals surface area contributed by atoms with Crippen LogP contribution in [-0.4, -0.2) is 19.4 Å². The van der Waals surface area contributed by atoms with Gasteiger partial charge in [0.25, 0.3) is 0 Å². The van der Waals surface area contributed by atoms with Crippen LogP contribution in [0.25, 0.3) is 6.08 Å². The lowest BCUT2D eigenvalue weighted by molar-refractivity contribution is -0.134. The van der Waals surface area contributed by atoms with Gasteiger partial charge in [0.2, 0.25) is 0 Å². The summed E-state index contributed by atoms with van der Waals surface area (Å²) in [5, 5.41) is 0. The second-order valence-electron chi connectivity index (χ2n) is 3.03. The number of hydrogen-bond donors (Lipinski definition) is 0. The minimum absolute atomic E-state index is 0.388. The van der Waals surface area contributed by atoms with Crippen LogP contribution in [0, 0.1) is 0 Å². The Balaban J connectivity index is 2.59. The van der Waals surface area contributed by atoms with E-state index in [2.05, 4.69) is 4.74 Å². The Hall–Kier alpha value is -2.16. The molecule has 0 aliphatic heterocycles. The summed E-state index contributed by atoms with van der Waals surface area (Å²) in [5.41, 5.74) is 1.60. The first-order chi connectivity index (χ1) is 7.76. The van der Waals surface area contributed by atoms with Gasteiger partial charge in [-0.05, 0) is 5.56 Å². The summed E-state index contributed by atoms with van der Waals surface area (Å²) < 4.78 is 4.43. The molecule has 0 saturated heterocycles. The Morgan fingerprint density at radius 3 is 2.31 bits per heavy atom. The lowest BCUT2D eigenvalue weighted by Crippen LogP contribution is -1.92. The molecule has 82 valence electrons. The summed E-state index contributed by atoms with van der Waals surface area (Å²) in [4.78, 5) is 21.1. The minimum atomic E-state index is -0.388. The average Bonchev–Trinajstić information content (AvgIpc) is 2.35. The molecule has 0 fully saturated rings. The van der Waals surface area contributed by atoms with Crippen molar-refractivity contribution in [3.63, 3.8) is 0 Å². The molecule has 0 heterocycles. The lowest BCUT2D eigenvalue weighted by Gasteiger charge is -1.92. The molecule has 0 aliphatic rings. The highest BCUT2D eigenvalue weighted by molar-refractivity contribution is 5.82. The van der Waals surface area contributed by atoms with E-state index >= 15 is 0 Å². The van der Waals surface area contributed by atoms with Gasteiger partial charge in [0.05, 0.1) is 7.11 Å². The number of methoxy groups -OCH3 is 1. The van der Waals surface area contributed by atoms with E-state index in [4.69, 9.17) is 0 Å². The van der Waals surface area contributed by atoms with Gasteiger partial charge in [-0.1, -0.05) is 42.5 Å². The van der Waals surface area contributed by atoms with Crippen molar-refractivity contribution in [3.05, 3.63) is 53.6 Å². The third kappa shape index (κ3) is 3.92. The van der Waals surface area contributed by atoms with E-state index in [0.29, 0.717) is 5.56 Å². The Labute approximate surface area is 94.0 Å². The van der Waals surface area contributed by atoms with Gasteiger partial charge >= 0.3 is 5.97 Å². The Morgan fingerprint density at radius 2 is 1.75 bits per heavy atom. The fourth-order valence-corrected chi connectivity index (χ4v) is 1.05. The van der Waals surface area contributed by atoms with E-state index < -0.39 is 0 Å². The number of esters is 1. The van der Waals surface area contributed by atoms with Crippen LogP contribution in [0.5, 0.6) is 0 Å². The molecule has 3 heteroatoms. The van der Waals surface area contributed by atoms with Crippen LogP contribution in [0.1, 0.15) is 15.9 Å². The number of benzene rings is 1. The number of carbonyl (C=O) groups is 2. The number of hydrogen-bond acceptors (Lipinski definition) is 3. The molecule has 0 bridgehead atoms. The van der Waals surface area contributed by atoms with Crippen molar-refractivity contribution in [2.45, 2.75) is 0 Å². The monoisotopic (exact) mass is 216 g/mol. The normalized spacial score (nSPS) is 10.8. The van der Waals surface area contributed by atoms with Crippen molar-refractivity contribution in [1.29, 1.82) is 0 Å². The predicted molar refractivity (Wildman–Crippen MR) is 62.0 cm³/mol. The van der Waals surface area contributed by atoms with Crippen LogP contribution in [-0.2, 0) is 9.53 Å². The summed E-state index contributed by atoms with van der Waals surface area (Å²) in [6, 6.07) is 7.12. The molecule has 0 aliphatic carbocycles.